The zero-order valence-electron chi connectivity index (χ0n) is 10.9. The van der Waals surface area contributed by atoms with Crippen molar-refractivity contribution >= 4 is 11.6 Å². The lowest BCUT2D eigenvalue weighted by atomic mass is 9.69. The third-order valence-corrected chi connectivity index (χ3v) is 4.79. The molecule has 0 radical (unpaired) electrons. The summed E-state index contributed by atoms with van der Waals surface area (Å²) in [7, 11) is 1.70. The second-order valence-corrected chi connectivity index (χ2v) is 6.03. The van der Waals surface area contributed by atoms with Crippen molar-refractivity contribution in [2.45, 2.75) is 50.5 Å². The molecule has 0 aromatic heterocycles. The van der Waals surface area contributed by atoms with Gasteiger partial charge in [0.1, 0.15) is 5.75 Å². The van der Waals surface area contributed by atoms with Crippen molar-refractivity contribution < 1.29 is 4.74 Å². The van der Waals surface area contributed by atoms with Crippen molar-refractivity contribution in [3.8, 4) is 5.75 Å². The van der Waals surface area contributed by atoms with E-state index in [2.05, 4.69) is 6.07 Å². The fraction of sp³-hybridized carbons (Fsp3) is 0.600. The van der Waals surface area contributed by atoms with Crippen LogP contribution in [0.25, 0.3) is 0 Å². The molecule has 0 saturated heterocycles. The molecule has 0 bridgehead atoms. The summed E-state index contributed by atoms with van der Waals surface area (Å²) in [5.74, 6) is 0.819. The highest BCUT2D eigenvalue weighted by Crippen LogP contribution is 2.49. The Morgan fingerprint density at radius 2 is 1.94 bits per heavy atom. The lowest BCUT2D eigenvalue weighted by molar-refractivity contribution is 0.241. The maximum atomic E-state index is 6.55. The van der Waals surface area contributed by atoms with Crippen LogP contribution >= 0.6 is 11.6 Å². The lowest BCUT2D eigenvalue weighted by Crippen LogP contribution is -2.44. The van der Waals surface area contributed by atoms with Gasteiger partial charge < -0.3 is 10.5 Å². The van der Waals surface area contributed by atoms with E-state index in [0.29, 0.717) is 0 Å². The summed E-state index contributed by atoms with van der Waals surface area (Å²) < 4.78 is 5.55. The van der Waals surface area contributed by atoms with Gasteiger partial charge in [-0.2, -0.15) is 0 Å². The van der Waals surface area contributed by atoms with Gasteiger partial charge in [-0.05, 0) is 62.1 Å². The van der Waals surface area contributed by atoms with Gasteiger partial charge in [-0.3, -0.25) is 0 Å². The van der Waals surface area contributed by atoms with Gasteiger partial charge in [0, 0.05) is 11.1 Å². The summed E-state index contributed by atoms with van der Waals surface area (Å²) in [5, 5.41) is 0.727. The van der Waals surface area contributed by atoms with Crippen molar-refractivity contribution in [2.75, 3.05) is 7.11 Å². The van der Waals surface area contributed by atoms with E-state index in [1.165, 1.54) is 36.0 Å². The normalized spacial score (nSPS) is 21.1. The summed E-state index contributed by atoms with van der Waals surface area (Å²) in [5.41, 5.74) is 10.4. The van der Waals surface area contributed by atoms with E-state index in [9.17, 15) is 0 Å². The van der Waals surface area contributed by atoms with E-state index in [4.69, 9.17) is 22.1 Å². The van der Waals surface area contributed by atoms with Crippen molar-refractivity contribution in [2.24, 2.45) is 5.73 Å². The molecule has 2 aliphatic carbocycles. The van der Waals surface area contributed by atoms with E-state index in [0.717, 1.165) is 36.5 Å². The zero-order valence-corrected chi connectivity index (χ0v) is 11.6. The Kier molecular flexibility index (Phi) is 3.03. The molecule has 98 valence electrons. The van der Waals surface area contributed by atoms with E-state index in [-0.39, 0.29) is 5.54 Å². The molecule has 0 spiro atoms. The smallest absolute Gasteiger partial charge is 0.142 e. The van der Waals surface area contributed by atoms with Gasteiger partial charge in [0.15, 0.2) is 0 Å². The molecule has 3 heteroatoms. The van der Waals surface area contributed by atoms with Crippen LogP contribution in [-0.2, 0) is 18.4 Å². The van der Waals surface area contributed by atoms with E-state index in [1.807, 2.05) is 0 Å². The molecule has 2 nitrogen and oxygen atoms in total. The second-order valence-electron chi connectivity index (χ2n) is 5.62. The van der Waals surface area contributed by atoms with Gasteiger partial charge in [-0.1, -0.05) is 11.6 Å². The molecule has 18 heavy (non-hydrogen) atoms. The second kappa shape index (κ2) is 4.43. The van der Waals surface area contributed by atoms with Crippen molar-refractivity contribution in [3.63, 3.8) is 0 Å². The highest BCUT2D eigenvalue weighted by Gasteiger charge is 2.40. The van der Waals surface area contributed by atoms with Crippen molar-refractivity contribution in [1.82, 2.24) is 0 Å². The summed E-state index contributed by atoms with van der Waals surface area (Å²) >= 11 is 6.37. The Labute approximate surface area is 113 Å². The van der Waals surface area contributed by atoms with Gasteiger partial charge in [-0.15, -0.1) is 0 Å². The molecule has 3 rings (SSSR count). The number of rotatable bonds is 2. The molecule has 1 fully saturated rings. The van der Waals surface area contributed by atoms with Crippen LogP contribution < -0.4 is 10.5 Å². The largest absolute Gasteiger partial charge is 0.495 e. The summed E-state index contributed by atoms with van der Waals surface area (Å²) in [6, 6.07) is 2.08. The molecule has 1 aromatic rings. The molecular formula is C15H20ClNO. The summed E-state index contributed by atoms with van der Waals surface area (Å²) in [6.45, 7) is 0. The summed E-state index contributed by atoms with van der Waals surface area (Å²) in [4.78, 5) is 0. The molecule has 2 aliphatic rings. The van der Waals surface area contributed by atoms with Gasteiger partial charge >= 0.3 is 0 Å². The number of methoxy groups -OCH3 is 1. The third-order valence-electron chi connectivity index (χ3n) is 4.51. The number of aryl methyl sites for hydroxylation is 1. The predicted octanol–water partition coefficient (Wildman–Crippen LogP) is 3.57. The zero-order chi connectivity index (χ0) is 12.8. The minimum absolute atomic E-state index is 0.197. The number of fused-ring (bicyclic) bond motifs is 1. The van der Waals surface area contributed by atoms with Crippen LogP contribution in [0.2, 0.25) is 5.02 Å². The Morgan fingerprint density at radius 3 is 2.56 bits per heavy atom. The fourth-order valence-electron chi connectivity index (χ4n) is 3.38. The average molecular weight is 266 g/mol. The van der Waals surface area contributed by atoms with Crippen LogP contribution in [0.3, 0.4) is 0 Å². The highest BCUT2D eigenvalue weighted by molar-refractivity contribution is 6.32. The Bertz CT molecular complexity index is 480. The first-order valence-electron chi connectivity index (χ1n) is 6.83. The standard InChI is InChI=1S/C15H20ClNO/c1-18-14-12(16)9-10-5-2-3-6-11(10)13(14)15(17)7-4-8-15/h9H,2-8,17H2,1H3. The Hall–Kier alpha value is -0.730. The number of hydrogen-bond donors (Lipinski definition) is 1. The van der Waals surface area contributed by atoms with Crippen LogP contribution in [0.4, 0.5) is 0 Å². The minimum atomic E-state index is -0.197. The maximum Gasteiger partial charge on any atom is 0.142 e. The van der Waals surface area contributed by atoms with E-state index >= 15 is 0 Å². The minimum Gasteiger partial charge on any atom is -0.495 e. The van der Waals surface area contributed by atoms with Crippen LogP contribution in [-0.4, -0.2) is 7.11 Å². The molecule has 0 atom stereocenters. The monoisotopic (exact) mass is 265 g/mol. The Morgan fingerprint density at radius 1 is 1.22 bits per heavy atom. The van der Waals surface area contributed by atoms with Crippen LogP contribution in [0, 0.1) is 0 Å². The van der Waals surface area contributed by atoms with Gasteiger partial charge in [0.05, 0.1) is 12.1 Å². The number of ether oxygens (including phenoxy) is 1. The number of halogens is 1. The molecular weight excluding hydrogens is 246 g/mol. The number of hydrogen-bond acceptors (Lipinski definition) is 2. The molecule has 0 unspecified atom stereocenters. The molecule has 2 N–H and O–H groups in total. The number of benzene rings is 1. The fourth-order valence-corrected chi connectivity index (χ4v) is 3.69. The van der Waals surface area contributed by atoms with Gasteiger partial charge in [-0.25, -0.2) is 0 Å². The lowest BCUT2D eigenvalue weighted by Gasteiger charge is -2.42. The van der Waals surface area contributed by atoms with Crippen molar-refractivity contribution in [1.29, 1.82) is 0 Å². The summed E-state index contributed by atoms with van der Waals surface area (Å²) in [6.07, 6.45) is 8.07. The molecule has 1 saturated carbocycles. The topological polar surface area (TPSA) is 35.2 Å². The van der Waals surface area contributed by atoms with Gasteiger partial charge in [0.25, 0.3) is 0 Å². The Balaban J connectivity index is 2.21. The van der Waals surface area contributed by atoms with Crippen LogP contribution in [0.15, 0.2) is 6.07 Å². The first kappa shape index (κ1) is 12.3. The molecule has 1 aromatic carbocycles. The van der Waals surface area contributed by atoms with E-state index in [1.54, 1.807) is 7.11 Å². The molecule has 0 aliphatic heterocycles. The van der Waals surface area contributed by atoms with Gasteiger partial charge in [0.2, 0.25) is 0 Å². The molecule has 0 amide bonds. The van der Waals surface area contributed by atoms with Crippen LogP contribution in [0.5, 0.6) is 5.75 Å². The molecule has 0 heterocycles. The number of nitrogens with two attached hydrogens (primary N) is 1. The van der Waals surface area contributed by atoms with Crippen LogP contribution in [0.1, 0.15) is 48.8 Å². The maximum absolute atomic E-state index is 6.55. The van der Waals surface area contributed by atoms with E-state index < -0.39 is 0 Å². The quantitative estimate of drug-likeness (QED) is 0.887. The first-order valence-corrected chi connectivity index (χ1v) is 7.21. The average Bonchev–Trinajstić information content (AvgIpc) is 2.34. The predicted molar refractivity (Wildman–Crippen MR) is 74.4 cm³/mol. The van der Waals surface area contributed by atoms with Crippen molar-refractivity contribution in [3.05, 3.63) is 27.8 Å². The SMILES string of the molecule is COc1c(Cl)cc2c(c1C1(N)CCC1)CCCC2. The first-order chi connectivity index (χ1) is 8.65. The highest BCUT2D eigenvalue weighted by atomic mass is 35.5. The third kappa shape index (κ3) is 1.74.